The zero-order valence-electron chi connectivity index (χ0n) is 10.6. The molecule has 0 spiro atoms. The number of rotatable bonds is 3. The SMILES string of the molecule is CC(N)c1nnc(NC(=O)c2ccc3nc[nH]c3c2)s1. The van der Waals surface area contributed by atoms with Crippen LogP contribution in [0.15, 0.2) is 24.5 Å². The number of aromatic amines is 1. The van der Waals surface area contributed by atoms with E-state index in [9.17, 15) is 4.79 Å². The first kappa shape index (κ1) is 12.7. The predicted octanol–water partition coefficient (Wildman–Crippen LogP) is 1.69. The Bertz CT molecular complexity index is 762. The highest BCUT2D eigenvalue weighted by Gasteiger charge is 2.12. The van der Waals surface area contributed by atoms with Gasteiger partial charge in [0.25, 0.3) is 5.91 Å². The average Bonchev–Trinajstić information content (AvgIpc) is 3.05. The zero-order valence-corrected chi connectivity index (χ0v) is 11.4. The van der Waals surface area contributed by atoms with Gasteiger partial charge in [0, 0.05) is 5.56 Å². The number of nitrogens with one attached hydrogen (secondary N) is 2. The molecule has 0 aliphatic heterocycles. The molecule has 102 valence electrons. The van der Waals surface area contributed by atoms with Crippen molar-refractivity contribution in [3.63, 3.8) is 0 Å². The van der Waals surface area contributed by atoms with Crippen LogP contribution in [0.25, 0.3) is 11.0 Å². The summed E-state index contributed by atoms with van der Waals surface area (Å²) in [5, 5.41) is 11.6. The van der Waals surface area contributed by atoms with Crippen molar-refractivity contribution >= 4 is 33.4 Å². The van der Waals surface area contributed by atoms with E-state index in [1.807, 2.05) is 6.92 Å². The quantitative estimate of drug-likeness (QED) is 0.679. The molecule has 0 saturated carbocycles. The van der Waals surface area contributed by atoms with Crippen LogP contribution in [0.4, 0.5) is 5.13 Å². The van der Waals surface area contributed by atoms with E-state index >= 15 is 0 Å². The average molecular weight is 288 g/mol. The van der Waals surface area contributed by atoms with E-state index in [4.69, 9.17) is 5.73 Å². The van der Waals surface area contributed by atoms with Gasteiger partial charge in [0.2, 0.25) is 5.13 Å². The fourth-order valence-corrected chi connectivity index (χ4v) is 2.41. The summed E-state index contributed by atoms with van der Waals surface area (Å²) >= 11 is 1.27. The first-order valence-electron chi connectivity index (χ1n) is 5.97. The Morgan fingerprint density at radius 3 is 3.05 bits per heavy atom. The molecule has 3 aromatic rings. The van der Waals surface area contributed by atoms with Crippen molar-refractivity contribution in [3.05, 3.63) is 35.1 Å². The largest absolute Gasteiger partial charge is 0.345 e. The number of anilines is 1. The molecule has 8 heteroatoms. The minimum atomic E-state index is -0.242. The summed E-state index contributed by atoms with van der Waals surface area (Å²) in [4.78, 5) is 19.2. The van der Waals surface area contributed by atoms with Crippen LogP contribution >= 0.6 is 11.3 Å². The molecule has 1 amide bonds. The Morgan fingerprint density at radius 2 is 2.30 bits per heavy atom. The van der Waals surface area contributed by atoms with Crippen molar-refractivity contribution in [1.29, 1.82) is 0 Å². The van der Waals surface area contributed by atoms with Gasteiger partial charge in [0.1, 0.15) is 5.01 Å². The summed E-state index contributed by atoms with van der Waals surface area (Å²) in [6.45, 7) is 1.82. The van der Waals surface area contributed by atoms with Crippen molar-refractivity contribution in [2.75, 3.05) is 5.32 Å². The lowest BCUT2D eigenvalue weighted by atomic mass is 10.2. The van der Waals surface area contributed by atoms with E-state index in [1.165, 1.54) is 11.3 Å². The van der Waals surface area contributed by atoms with Crippen LogP contribution in [0.1, 0.15) is 28.3 Å². The van der Waals surface area contributed by atoms with Gasteiger partial charge >= 0.3 is 0 Å². The molecule has 1 aromatic carbocycles. The number of amides is 1. The van der Waals surface area contributed by atoms with Gasteiger partial charge < -0.3 is 10.7 Å². The number of carbonyl (C=O) groups is 1. The lowest BCUT2D eigenvalue weighted by Crippen LogP contribution is -2.11. The number of carbonyl (C=O) groups excluding carboxylic acids is 1. The molecular formula is C12H12N6OS. The van der Waals surface area contributed by atoms with Crippen LogP contribution in [0.5, 0.6) is 0 Å². The summed E-state index contributed by atoms with van der Waals surface area (Å²) in [7, 11) is 0. The highest BCUT2D eigenvalue weighted by atomic mass is 32.1. The predicted molar refractivity (Wildman–Crippen MR) is 76.6 cm³/mol. The van der Waals surface area contributed by atoms with Gasteiger partial charge in [-0.25, -0.2) is 4.98 Å². The Kier molecular flexibility index (Phi) is 3.17. The molecule has 2 heterocycles. The molecule has 0 radical (unpaired) electrons. The maximum atomic E-state index is 12.1. The second kappa shape index (κ2) is 4.99. The molecule has 0 saturated heterocycles. The van der Waals surface area contributed by atoms with E-state index < -0.39 is 0 Å². The van der Waals surface area contributed by atoms with Gasteiger partial charge in [-0.3, -0.25) is 10.1 Å². The van der Waals surface area contributed by atoms with Crippen LogP contribution in [-0.4, -0.2) is 26.1 Å². The lowest BCUT2D eigenvalue weighted by molar-refractivity contribution is 0.102. The number of hydrogen-bond acceptors (Lipinski definition) is 6. The summed E-state index contributed by atoms with van der Waals surface area (Å²) in [6.07, 6.45) is 1.59. The van der Waals surface area contributed by atoms with E-state index in [-0.39, 0.29) is 11.9 Å². The Balaban J connectivity index is 1.80. The van der Waals surface area contributed by atoms with E-state index in [0.29, 0.717) is 15.7 Å². The Morgan fingerprint density at radius 1 is 1.45 bits per heavy atom. The summed E-state index contributed by atoms with van der Waals surface area (Å²) < 4.78 is 0. The molecule has 0 aliphatic carbocycles. The third kappa shape index (κ3) is 2.38. The molecule has 1 unspecified atom stereocenters. The fourth-order valence-electron chi connectivity index (χ4n) is 1.72. The summed E-state index contributed by atoms with van der Waals surface area (Å²) in [5.74, 6) is -0.242. The number of H-pyrrole nitrogens is 1. The molecule has 2 aromatic heterocycles. The highest BCUT2D eigenvalue weighted by Crippen LogP contribution is 2.20. The fraction of sp³-hybridized carbons (Fsp3) is 0.167. The van der Waals surface area contributed by atoms with Gasteiger partial charge in [0.05, 0.1) is 23.4 Å². The van der Waals surface area contributed by atoms with Gasteiger partial charge in [0.15, 0.2) is 0 Å². The Hall–Kier alpha value is -2.32. The lowest BCUT2D eigenvalue weighted by Gasteiger charge is -2.01. The van der Waals surface area contributed by atoms with Crippen LogP contribution in [-0.2, 0) is 0 Å². The van der Waals surface area contributed by atoms with E-state index in [1.54, 1.807) is 24.5 Å². The molecular weight excluding hydrogens is 276 g/mol. The first-order chi connectivity index (χ1) is 9.63. The maximum absolute atomic E-state index is 12.1. The Labute approximate surface area is 118 Å². The molecule has 1 atom stereocenters. The number of benzene rings is 1. The highest BCUT2D eigenvalue weighted by molar-refractivity contribution is 7.15. The van der Waals surface area contributed by atoms with Crippen molar-refractivity contribution < 1.29 is 4.79 Å². The van der Waals surface area contributed by atoms with E-state index in [0.717, 1.165) is 11.0 Å². The van der Waals surface area contributed by atoms with Crippen LogP contribution in [0, 0.1) is 0 Å². The molecule has 0 fully saturated rings. The number of nitrogens with two attached hydrogens (primary N) is 1. The number of imidazole rings is 1. The smallest absolute Gasteiger partial charge is 0.257 e. The summed E-state index contributed by atoms with van der Waals surface area (Å²) in [6, 6.07) is 5.05. The first-order valence-corrected chi connectivity index (χ1v) is 6.78. The molecule has 3 rings (SSSR count). The molecule has 4 N–H and O–H groups in total. The minimum absolute atomic E-state index is 0.195. The van der Waals surface area contributed by atoms with Crippen LogP contribution in [0.3, 0.4) is 0 Å². The van der Waals surface area contributed by atoms with Crippen molar-refractivity contribution in [3.8, 4) is 0 Å². The second-order valence-corrected chi connectivity index (χ2v) is 5.33. The third-order valence-corrected chi connectivity index (χ3v) is 3.77. The van der Waals surface area contributed by atoms with Gasteiger partial charge in [-0.05, 0) is 25.1 Å². The normalized spacial score (nSPS) is 12.5. The molecule has 0 aliphatic rings. The maximum Gasteiger partial charge on any atom is 0.257 e. The topological polar surface area (TPSA) is 110 Å². The monoisotopic (exact) mass is 288 g/mol. The summed E-state index contributed by atoms with van der Waals surface area (Å²) in [5.41, 5.74) is 7.86. The molecule has 20 heavy (non-hydrogen) atoms. The van der Waals surface area contributed by atoms with Gasteiger partial charge in [-0.2, -0.15) is 0 Å². The minimum Gasteiger partial charge on any atom is -0.345 e. The van der Waals surface area contributed by atoms with Crippen LogP contribution < -0.4 is 11.1 Å². The standard InChI is InChI=1S/C12H12N6OS/c1-6(13)11-17-18-12(20-11)16-10(19)7-2-3-8-9(4-7)15-5-14-8/h2-6H,13H2,1H3,(H,14,15)(H,16,18,19). The number of aromatic nitrogens is 4. The zero-order chi connectivity index (χ0) is 14.1. The van der Waals surface area contributed by atoms with Crippen molar-refractivity contribution in [2.24, 2.45) is 5.73 Å². The van der Waals surface area contributed by atoms with Crippen molar-refractivity contribution in [2.45, 2.75) is 13.0 Å². The number of nitrogens with zero attached hydrogens (tertiary/aromatic N) is 3. The number of fused-ring (bicyclic) bond motifs is 1. The van der Waals surface area contributed by atoms with Crippen molar-refractivity contribution in [1.82, 2.24) is 20.2 Å². The number of hydrogen-bond donors (Lipinski definition) is 3. The van der Waals surface area contributed by atoms with Gasteiger partial charge in [-0.1, -0.05) is 11.3 Å². The van der Waals surface area contributed by atoms with E-state index in [2.05, 4.69) is 25.5 Å². The van der Waals surface area contributed by atoms with Gasteiger partial charge in [-0.15, -0.1) is 10.2 Å². The van der Waals surface area contributed by atoms with Crippen LogP contribution in [0.2, 0.25) is 0 Å². The molecule has 7 nitrogen and oxygen atoms in total. The second-order valence-electron chi connectivity index (χ2n) is 4.32. The molecule has 0 bridgehead atoms. The third-order valence-electron chi connectivity index (χ3n) is 2.73.